The number of nitrogens with one attached hydrogen (secondary N) is 5. The van der Waals surface area contributed by atoms with Crippen LogP contribution in [0.2, 0.25) is 0 Å². The van der Waals surface area contributed by atoms with Gasteiger partial charge in [-0.3, -0.25) is 38.7 Å². The Balaban J connectivity index is 1.08. The predicted octanol–water partition coefficient (Wildman–Crippen LogP) is -0.698. The normalized spacial score (nSPS) is 13.2. The fraction of sp³-hybridized carbons (Fsp3) is 0.394. The van der Waals surface area contributed by atoms with E-state index in [4.69, 9.17) is 15.2 Å². The third kappa shape index (κ3) is 11.8. The van der Waals surface area contributed by atoms with Crippen molar-refractivity contribution in [2.24, 2.45) is 0 Å². The molecular formula is C33H40N10O9. The van der Waals surface area contributed by atoms with Crippen molar-refractivity contribution in [2.45, 2.75) is 51.5 Å². The first-order valence-electron chi connectivity index (χ1n) is 16.3. The van der Waals surface area contributed by atoms with Crippen LogP contribution < -0.4 is 32.6 Å². The van der Waals surface area contributed by atoms with Crippen LogP contribution in [0.4, 0.5) is 11.6 Å². The van der Waals surface area contributed by atoms with Gasteiger partial charge in [0, 0.05) is 55.9 Å². The summed E-state index contributed by atoms with van der Waals surface area (Å²) in [5.74, 6) is -3.12. The molecular weight excluding hydrogens is 680 g/mol. The summed E-state index contributed by atoms with van der Waals surface area (Å²) in [6.07, 6.45) is 4.39. The maximum atomic E-state index is 12.7. The number of amides is 5. The topological polar surface area (TPSA) is 270 Å². The van der Waals surface area contributed by atoms with Crippen LogP contribution in [0, 0.1) is 0 Å². The van der Waals surface area contributed by atoms with Crippen molar-refractivity contribution in [2.75, 3.05) is 43.9 Å². The quantitative estimate of drug-likeness (QED) is 0.0365. The highest BCUT2D eigenvalue weighted by Gasteiger charge is 2.24. The largest absolute Gasteiger partial charge is 0.379 e. The van der Waals surface area contributed by atoms with Crippen LogP contribution in [0.15, 0.2) is 47.4 Å². The number of nitrogens with two attached hydrogens (primary N) is 1. The number of hydrogen-bond acceptors (Lipinski definition) is 14. The van der Waals surface area contributed by atoms with E-state index in [1.807, 2.05) is 0 Å². The number of fused-ring (bicyclic) bond motifs is 1. The van der Waals surface area contributed by atoms with Crippen molar-refractivity contribution in [3.63, 3.8) is 0 Å². The smallest absolute Gasteiger partial charge is 0.280 e. The average Bonchev–Trinajstić information content (AvgIpc) is 3.44. The number of anilines is 2. The zero-order valence-corrected chi connectivity index (χ0v) is 28.6. The Morgan fingerprint density at radius 2 is 1.60 bits per heavy atom. The van der Waals surface area contributed by atoms with Gasteiger partial charge >= 0.3 is 0 Å². The van der Waals surface area contributed by atoms with Gasteiger partial charge in [-0.2, -0.15) is 4.98 Å². The van der Waals surface area contributed by atoms with Gasteiger partial charge in [0.15, 0.2) is 17.0 Å². The number of carbonyl (C=O) groups is 6. The molecule has 7 N–H and O–H groups in total. The third-order valence-corrected chi connectivity index (χ3v) is 7.48. The molecule has 5 amide bonds. The summed E-state index contributed by atoms with van der Waals surface area (Å²) in [5.41, 5.74) is 6.67. The average molecular weight is 721 g/mol. The number of hydrogen-bond donors (Lipinski definition) is 6. The molecule has 3 aromatic rings. The lowest BCUT2D eigenvalue weighted by atomic mass is 10.1. The SMILES string of the molecule is CC(C)(OCCNC(=O)CC[C@@H](C=O)NC(=O)c1ccc(NCc2cnc3nc(N)[nH]c(=O)c3n2)cc1)OCCNC(=O)CCN1C(=O)C=CC1=O. The zero-order valence-electron chi connectivity index (χ0n) is 28.6. The Labute approximate surface area is 297 Å². The van der Waals surface area contributed by atoms with Crippen molar-refractivity contribution in [1.82, 2.24) is 40.8 Å². The molecule has 276 valence electrons. The first-order chi connectivity index (χ1) is 24.8. The van der Waals surface area contributed by atoms with Gasteiger partial charge in [0.25, 0.3) is 23.3 Å². The monoisotopic (exact) mass is 720 g/mol. The standard InChI is InChI=1S/C33H40N10O9/c1-33(2,52-16-13-36-25(46)11-14-43-26(47)9-10-27(43)48)51-15-12-35-24(45)8-7-22(19-44)40-30(49)20-3-5-21(6-4-20)37-17-23-18-38-29-28(39-23)31(50)42-32(34)41-29/h3-6,9-10,18-19,22,37H,7-8,11-17H2,1-2H3,(H,35,45)(H,36,46)(H,40,49)(H3,34,38,41,42,50)/t22-/m0/s1. The first-order valence-corrected chi connectivity index (χ1v) is 16.3. The number of aromatic amines is 1. The first kappa shape index (κ1) is 38.7. The lowest BCUT2D eigenvalue weighted by Gasteiger charge is -2.26. The Bertz CT molecular complexity index is 1860. The number of H-pyrrole nitrogens is 1. The van der Waals surface area contributed by atoms with E-state index < -0.39 is 35.1 Å². The molecule has 1 aromatic carbocycles. The Hall–Kier alpha value is -6.08. The molecule has 1 atom stereocenters. The van der Waals surface area contributed by atoms with E-state index in [1.54, 1.807) is 38.1 Å². The highest BCUT2D eigenvalue weighted by atomic mass is 16.7. The zero-order chi connectivity index (χ0) is 37.7. The van der Waals surface area contributed by atoms with Crippen molar-refractivity contribution < 1.29 is 38.2 Å². The van der Waals surface area contributed by atoms with Crippen LogP contribution in [0.25, 0.3) is 11.2 Å². The van der Waals surface area contributed by atoms with Gasteiger partial charge < -0.3 is 41.3 Å². The molecule has 1 aliphatic rings. The molecule has 52 heavy (non-hydrogen) atoms. The number of rotatable bonds is 20. The molecule has 2 aromatic heterocycles. The molecule has 4 rings (SSSR count). The summed E-state index contributed by atoms with van der Waals surface area (Å²) in [5, 5.41) is 11.1. The molecule has 3 heterocycles. The fourth-order valence-corrected chi connectivity index (χ4v) is 4.76. The Morgan fingerprint density at radius 1 is 0.962 bits per heavy atom. The lowest BCUT2D eigenvalue weighted by molar-refractivity contribution is -0.211. The number of aromatic nitrogens is 4. The van der Waals surface area contributed by atoms with Crippen LogP contribution in [-0.2, 0) is 40.0 Å². The molecule has 0 spiro atoms. The molecule has 0 radical (unpaired) electrons. The van der Waals surface area contributed by atoms with E-state index in [2.05, 4.69) is 41.2 Å². The van der Waals surface area contributed by atoms with Gasteiger partial charge in [-0.05, 0) is 44.5 Å². The minimum atomic E-state index is -1.02. The minimum Gasteiger partial charge on any atom is -0.379 e. The van der Waals surface area contributed by atoms with Crippen LogP contribution in [-0.4, -0.2) is 105 Å². The highest BCUT2D eigenvalue weighted by molar-refractivity contribution is 6.13. The molecule has 1 aliphatic heterocycles. The second-order valence-electron chi connectivity index (χ2n) is 11.9. The van der Waals surface area contributed by atoms with Gasteiger partial charge in [0.1, 0.15) is 6.29 Å². The van der Waals surface area contributed by atoms with E-state index in [0.29, 0.717) is 23.2 Å². The maximum absolute atomic E-state index is 12.7. The summed E-state index contributed by atoms with van der Waals surface area (Å²) in [4.78, 5) is 99.5. The Kier molecular flexibility index (Phi) is 13.6. The maximum Gasteiger partial charge on any atom is 0.280 e. The van der Waals surface area contributed by atoms with Gasteiger partial charge in [-0.25, -0.2) is 9.97 Å². The molecule has 0 saturated heterocycles. The third-order valence-electron chi connectivity index (χ3n) is 7.48. The molecule has 0 saturated carbocycles. The van der Waals surface area contributed by atoms with E-state index >= 15 is 0 Å². The minimum absolute atomic E-state index is 0.00971. The summed E-state index contributed by atoms with van der Waals surface area (Å²) < 4.78 is 11.3. The summed E-state index contributed by atoms with van der Waals surface area (Å²) in [6, 6.07) is 5.58. The molecule has 0 unspecified atom stereocenters. The van der Waals surface area contributed by atoms with Gasteiger partial charge in [-0.1, -0.05) is 0 Å². The number of ether oxygens (including phenoxy) is 2. The van der Waals surface area contributed by atoms with Crippen LogP contribution in [0.5, 0.6) is 0 Å². The molecule has 0 aliphatic carbocycles. The summed E-state index contributed by atoms with van der Waals surface area (Å²) in [7, 11) is 0. The fourth-order valence-electron chi connectivity index (χ4n) is 4.76. The van der Waals surface area contributed by atoms with E-state index in [0.717, 1.165) is 17.1 Å². The van der Waals surface area contributed by atoms with E-state index in [9.17, 15) is 33.6 Å². The number of imide groups is 1. The second-order valence-corrected chi connectivity index (χ2v) is 11.9. The molecule has 19 heteroatoms. The predicted molar refractivity (Wildman–Crippen MR) is 185 cm³/mol. The Morgan fingerprint density at radius 3 is 2.23 bits per heavy atom. The van der Waals surface area contributed by atoms with Crippen LogP contribution in [0.3, 0.4) is 0 Å². The van der Waals surface area contributed by atoms with Crippen molar-refractivity contribution in [3.05, 3.63) is 64.2 Å². The van der Waals surface area contributed by atoms with Crippen molar-refractivity contribution >= 4 is 58.6 Å². The van der Waals surface area contributed by atoms with Crippen LogP contribution >= 0.6 is 0 Å². The van der Waals surface area contributed by atoms with E-state index in [-0.39, 0.29) is 87.6 Å². The summed E-state index contributed by atoms with van der Waals surface area (Å²) >= 11 is 0. The van der Waals surface area contributed by atoms with Gasteiger partial charge in [0.05, 0.1) is 37.7 Å². The number of nitrogen functional groups attached to an aromatic ring is 1. The highest BCUT2D eigenvalue weighted by Crippen LogP contribution is 2.13. The molecule has 0 bridgehead atoms. The number of nitrogens with zero attached hydrogens (tertiary/aromatic N) is 4. The number of carbonyl (C=O) groups excluding carboxylic acids is 6. The van der Waals surface area contributed by atoms with Gasteiger partial charge in [0.2, 0.25) is 17.8 Å². The summed E-state index contributed by atoms with van der Waals surface area (Å²) in [6.45, 7) is 4.19. The van der Waals surface area contributed by atoms with Crippen molar-refractivity contribution in [1.29, 1.82) is 0 Å². The van der Waals surface area contributed by atoms with E-state index in [1.165, 1.54) is 6.20 Å². The molecule has 0 fully saturated rings. The number of benzene rings is 1. The number of aldehydes is 1. The van der Waals surface area contributed by atoms with Crippen molar-refractivity contribution in [3.8, 4) is 0 Å². The lowest BCUT2D eigenvalue weighted by Crippen LogP contribution is -2.38. The second kappa shape index (κ2) is 18.2. The van der Waals surface area contributed by atoms with Crippen LogP contribution in [0.1, 0.15) is 49.2 Å². The van der Waals surface area contributed by atoms with Gasteiger partial charge in [-0.15, -0.1) is 0 Å². The molecule has 19 nitrogen and oxygen atoms in total.